The van der Waals surface area contributed by atoms with Crippen molar-refractivity contribution in [1.82, 2.24) is 5.06 Å². The van der Waals surface area contributed by atoms with Gasteiger partial charge in [0.25, 0.3) is 11.8 Å². The Bertz CT molecular complexity index is 1690. The van der Waals surface area contributed by atoms with Gasteiger partial charge in [-0.15, -0.1) is 0 Å². The van der Waals surface area contributed by atoms with E-state index in [4.69, 9.17) is 23.8 Å². The maximum atomic E-state index is 13.4. The van der Waals surface area contributed by atoms with Crippen molar-refractivity contribution in [3.63, 3.8) is 0 Å². The predicted molar refractivity (Wildman–Crippen MR) is 153 cm³/mol. The van der Waals surface area contributed by atoms with Crippen molar-refractivity contribution in [3.8, 4) is 23.0 Å². The molecule has 3 heterocycles. The van der Waals surface area contributed by atoms with E-state index in [0.29, 0.717) is 21.8 Å². The highest BCUT2D eigenvalue weighted by Gasteiger charge is 2.54. The van der Waals surface area contributed by atoms with Crippen molar-refractivity contribution < 1.29 is 52.9 Å². The highest BCUT2D eigenvalue weighted by atomic mass is 16.8. The van der Waals surface area contributed by atoms with Crippen LogP contribution in [0.2, 0.25) is 0 Å². The minimum atomic E-state index is -1.73. The minimum Gasteiger partial charge on any atom is -0.456 e. The largest absolute Gasteiger partial charge is 0.456 e. The fourth-order valence-electron chi connectivity index (χ4n) is 5.28. The van der Waals surface area contributed by atoms with Crippen molar-refractivity contribution in [2.24, 2.45) is 11.8 Å². The molecule has 1 spiro atoms. The summed E-state index contributed by atoms with van der Waals surface area (Å²) in [6, 6.07) is 13.7. The summed E-state index contributed by atoms with van der Waals surface area (Å²) in [6.07, 6.45) is -1.79. The van der Waals surface area contributed by atoms with Gasteiger partial charge in [-0.25, -0.2) is 9.63 Å². The van der Waals surface area contributed by atoms with Crippen LogP contribution in [0.1, 0.15) is 79.4 Å². The third kappa shape index (κ3) is 5.11. The van der Waals surface area contributed by atoms with Crippen LogP contribution in [0.25, 0.3) is 0 Å². The number of hydrogen-bond acceptors (Lipinski definition) is 11. The molecular formula is C33H29NO11. The summed E-state index contributed by atoms with van der Waals surface area (Å²) in [6.45, 7) is 6.79. The second-order valence-corrected chi connectivity index (χ2v) is 11.5. The van der Waals surface area contributed by atoms with Gasteiger partial charge < -0.3 is 24.1 Å². The molecule has 1 saturated heterocycles. The molecule has 0 aromatic heterocycles. The summed E-state index contributed by atoms with van der Waals surface area (Å²) < 4.78 is 23.4. The maximum absolute atomic E-state index is 13.4. The molecule has 0 aliphatic carbocycles. The molecule has 1 atom stereocenters. The zero-order valence-corrected chi connectivity index (χ0v) is 24.8. The van der Waals surface area contributed by atoms with Gasteiger partial charge in [-0.05, 0) is 36.4 Å². The number of benzene rings is 3. The van der Waals surface area contributed by atoms with Crippen LogP contribution in [0.5, 0.6) is 23.0 Å². The quantitative estimate of drug-likeness (QED) is 0.173. The highest BCUT2D eigenvalue weighted by molar-refractivity contribution is 6.00. The number of aliphatic hydroxyl groups is 1. The lowest BCUT2D eigenvalue weighted by atomic mass is 9.77. The Morgan fingerprint density at radius 2 is 1.31 bits per heavy atom. The number of ether oxygens (including phenoxy) is 4. The number of carbonyl (C=O) groups excluding carboxylic acids is 5. The number of rotatable bonds is 7. The number of carbonyl (C=O) groups is 5. The Labute approximate surface area is 257 Å². The molecule has 1 unspecified atom stereocenters. The standard InChI is InChI=1S/C33H29NO11/c1-16(2)29(37)41-19-6-9-22-25(14-19)43-26-15-20(42-30(38)17(3)4)7-10-23(26)33(22)24-13-18(5-8-21(24)32(40)44-33)31(39)45-34-27(35)11-12-28(34)36/h5-10,13-17,31,39H,11-12H2,1-4H3. The molecule has 45 heavy (non-hydrogen) atoms. The van der Waals surface area contributed by atoms with Gasteiger partial charge >= 0.3 is 17.9 Å². The number of hydrogen-bond donors (Lipinski definition) is 1. The van der Waals surface area contributed by atoms with Crippen LogP contribution in [0.4, 0.5) is 0 Å². The third-order valence-corrected chi connectivity index (χ3v) is 7.65. The SMILES string of the molecule is CC(C)C(=O)Oc1ccc2c(c1)Oc1cc(OC(=O)C(C)C)ccc1C21OC(=O)c2ccc(C(O)ON3C(=O)CCC3=O)cc21. The Hall–Kier alpha value is -5.07. The highest BCUT2D eigenvalue weighted by Crippen LogP contribution is 2.57. The normalized spacial score (nSPS) is 16.7. The molecule has 12 nitrogen and oxygen atoms in total. The smallest absolute Gasteiger partial charge is 0.340 e. The molecule has 0 radical (unpaired) electrons. The predicted octanol–water partition coefficient (Wildman–Crippen LogP) is 4.45. The monoisotopic (exact) mass is 615 g/mol. The van der Waals surface area contributed by atoms with Crippen molar-refractivity contribution >= 4 is 29.7 Å². The summed E-state index contributed by atoms with van der Waals surface area (Å²) in [5, 5.41) is 11.4. The summed E-state index contributed by atoms with van der Waals surface area (Å²) in [4.78, 5) is 67.6. The zero-order chi connectivity index (χ0) is 32.2. The van der Waals surface area contributed by atoms with E-state index in [0.717, 1.165) is 0 Å². The Kier molecular flexibility index (Phi) is 7.42. The molecule has 2 amide bonds. The topological polar surface area (TPSA) is 155 Å². The zero-order valence-electron chi connectivity index (χ0n) is 24.8. The van der Waals surface area contributed by atoms with Crippen molar-refractivity contribution in [2.45, 2.75) is 52.4 Å². The molecule has 0 saturated carbocycles. The summed E-state index contributed by atoms with van der Waals surface area (Å²) in [5.41, 5.74) is -0.212. The fourth-order valence-corrected chi connectivity index (χ4v) is 5.28. The van der Waals surface area contributed by atoms with Gasteiger partial charge in [-0.2, -0.15) is 5.06 Å². The van der Waals surface area contributed by atoms with Gasteiger partial charge in [0.05, 0.1) is 17.4 Å². The molecule has 3 aromatic rings. The van der Waals surface area contributed by atoms with Gasteiger partial charge in [-0.1, -0.05) is 33.8 Å². The lowest BCUT2D eigenvalue weighted by Gasteiger charge is -2.37. The van der Waals surface area contributed by atoms with Crippen LogP contribution >= 0.6 is 0 Å². The van der Waals surface area contributed by atoms with Gasteiger partial charge in [0.15, 0.2) is 5.60 Å². The number of hydroxylamine groups is 2. The minimum absolute atomic E-state index is 0.0301. The van der Waals surface area contributed by atoms with Crippen molar-refractivity contribution in [3.05, 3.63) is 82.4 Å². The first kappa shape index (κ1) is 30.0. The number of esters is 3. The molecule has 3 aliphatic heterocycles. The average Bonchev–Trinajstić information content (AvgIpc) is 3.47. The van der Waals surface area contributed by atoms with E-state index in [1.165, 1.54) is 30.3 Å². The number of aliphatic hydroxyl groups excluding tert-OH is 1. The van der Waals surface area contributed by atoms with Gasteiger partial charge in [-0.3, -0.25) is 19.2 Å². The first-order valence-electron chi connectivity index (χ1n) is 14.4. The van der Waals surface area contributed by atoms with Crippen LogP contribution < -0.4 is 14.2 Å². The van der Waals surface area contributed by atoms with Crippen molar-refractivity contribution in [2.75, 3.05) is 0 Å². The van der Waals surface area contributed by atoms with E-state index in [9.17, 15) is 29.1 Å². The van der Waals surface area contributed by atoms with E-state index in [2.05, 4.69) is 0 Å². The first-order valence-corrected chi connectivity index (χ1v) is 14.4. The van der Waals surface area contributed by atoms with Crippen LogP contribution in [-0.2, 0) is 34.4 Å². The molecule has 1 fully saturated rings. The number of nitrogens with zero attached hydrogens (tertiary/aromatic N) is 1. The molecule has 3 aromatic carbocycles. The van der Waals surface area contributed by atoms with Crippen LogP contribution in [0.15, 0.2) is 54.6 Å². The van der Waals surface area contributed by atoms with Gasteiger partial charge in [0, 0.05) is 47.2 Å². The van der Waals surface area contributed by atoms with Gasteiger partial charge in [0.1, 0.15) is 23.0 Å². The van der Waals surface area contributed by atoms with Crippen LogP contribution in [0.3, 0.4) is 0 Å². The second-order valence-electron chi connectivity index (χ2n) is 11.5. The first-order chi connectivity index (χ1) is 21.4. The van der Waals surface area contributed by atoms with E-state index in [1.54, 1.807) is 52.0 Å². The maximum Gasteiger partial charge on any atom is 0.340 e. The molecule has 6 rings (SSSR count). The number of fused-ring (bicyclic) bond motifs is 6. The van der Waals surface area contributed by atoms with E-state index in [-0.39, 0.29) is 47.0 Å². The Morgan fingerprint density at radius 3 is 1.82 bits per heavy atom. The molecule has 0 bridgehead atoms. The summed E-state index contributed by atoms with van der Waals surface area (Å²) in [7, 11) is 0. The lowest BCUT2D eigenvalue weighted by Crippen LogP contribution is -2.33. The molecule has 1 N–H and O–H groups in total. The number of imide groups is 1. The summed E-state index contributed by atoms with van der Waals surface area (Å²) >= 11 is 0. The third-order valence-electron chi connectivity index (χ3n) is 7.65. The Balaban J connectivity index is 1.48. The van der Waals surface area contributed by atoms with E-state index < -0.39 is 53.4 Å². The lowest BCUT2D eigenvalue weighted by molar-refractivity contribution is -0.247. The molecule has 12 heteroatoms. The van der Waals surface area contributed by atoms with Gasteiger partial charge in [0.2, 0.25) is 6.29 Å². The van der Waals surface area contributed by atoms with E-state index in [1.807, 2.05) is 0 Å². The van der Waals surface area contributed by atoms with E-state index >= 15 is 0 Å². The second kappa shape index (κ2) is 11.1. The average molecular weight is 616 g/mol. The fraction of sp³-hybridized carbons (Fsp3) is 0.303. The molecule has 232 valence electrons. The number of amides is 2. The molecule has 3 aliphatic rings. The summed E-state index contributed by atoms with van der Waals surface area (Å²) in [5.74, 6) is -2.77. The van der Waals surface area contributed by atoms with Crippen molar-refractivity contribution in [1.29, 1.82) is 0 Å². The van der Waals surface area contributed by atoms with Crippen LogP contribution in [0, 0.1) is 11.8 Å². The van der Waals surface area contributed by atoms with Crippen LogP contribution in [-0.4, -0.2) is 39.9 Å². The Morgan fingerprint density at radius 1 is 0.778 bits per heavy atom. The molecular weight excluding hydrogens is 586 g/mol.